The fourth-order valence-corrected chi connectivity index (χ4v) is 1.21. The van der Waals surface area contributed by atoms with Gasteiger partial charge in [0.2, 0.25) is 5.28 Å². The number of nitrogens with zero attached hydrogens (tertiary/aromatic N) is 2. The molecule has 0 saturated heterocycles. The summed E-state index contributed by atoms with van der Waals surface area (Å²) >= 11 is 5.60. The molecular weight excluding hydrogens is 248 g/mol. The van der Waals surface area contributed by atoms with Crippen LogP contribution in [0.15, 0.2) is 6.07 Å². The zero-order valence-electron chi connectivity index (χ0n) is 9.07. The van der Waals surface area contributed by atoms with Crippen LogP contribution in [0.5, 0.6) is 0 Å². The summed E-state index contributed by atoms with van der Waals surface area (Å²) in [7, 11) is 1.30. The highest BCUT2D eigenvalue weighted by Gasteiger charge is 2.08. The molecule has 8 heteroatoms. The molecule has 0 bridgehead atoms. The Bertz CT molecular complexity index is 438. The maximum Gasteiger partial charge on any atom is 0.307 e. The third-order valence-corrected chi connectivity index (χ3v) is 1.98. The molecule has 7 nitrogen and oxygen atoms in total. The van der Waals surface area contributed by atoms with Crippen LogP contribution in [0.4, 0.5) is 5.82 Å². The first-order chi connectivity index (χ1) is 8.02. The van der Waals surface area contributed by atoms with Crippen molar-refractivity contribution >= 4 is 29.3 Å². The summed E-state index contributed by atoms with van der Waals surface area (Å²) in [6.45, 7) is 0.304. The average Bonchev–Trinajstić information content (AvgIpc) is 2.28. The van der Waals surface area contributed by atoms with E-state index in [0.717, 1.165) is 0 Å². The van der Waals surface area contributed by atoms with Gasteiger partial charge in [-0.25, -0.2) is 9.97 Å². The Morgan fingerprint density at radius 2 is 2.24 bits per heavy atom. The Morgan fingerprint density at radius 3 is 2.82 bits per heavy atom. The maximum absolute atomic E-state index is 10.9. The number of nitrogens with two attached hydrogens (primary N) is 1. The van der Waals surface area contributed by atoms with E-state index in [9.17, 15) is 9.59 Å². The summed E-state index contributed by atoms with van der Waals surface area (Å²) in [4.78, 5) is 29.2. The highest BCUT2D eigenvalue weighted by atomic mass is 35.5. The lowest BCUT2D eigenvalue weighted by atomic mass is 10.3. The van der Waals surface area contributed by atoms with E-state index in [1.54, 1.807) is 0 Å². The van der Waals surface area contributed by atoms with Crippen LogP contribution in [0.25, 0.3) is 0 Å². The van der Waals surface area contributed by atoms with Gasteiger partial charge in [-0.3, -0.25) is 9.59 Å². The Hall–Kier alpha value is -1.89. The topological polar surface area (TPSA) is 107 Å². The van der Waals surface area contributed by atoms with Gasteiger partial charge in [0, 0.05) is 12.6 Å². The van der Waals surface area contributed by atoms with Crippen molar-refractivity contribution < 1.29 is 14.3 Å². The lowest BCUT2D eigenvalue weighted by Gasteiger charge is -2.05. The molecule has 0 aliphatic carbocycles. The molecule has 0 aliphatic rings. The first-order valence-corrected chi connectivity index (χ1v) is 5.06. The van der Waals surface area contributed by atoms with E-state index in [-0.39, 0.29) is 23.4 Å². The first kappa shape index (κ1) is 13.2. The summed E-state index contributed by atoms with van der Waals surface area (Å²) < 4.78 is 4.46. The van der Waals surface area contributed by atoms with E-state index in [2.05, 4.69) is 20.0 Å². The molecule has 1 rings (SSSR count). The van der Waals surface area contributed by atoms with Gasteiger partial charge in [-0.05, 0) is 11.6 Å². The molecule has 0 aliphatic heterocycles. The number of methoxy groups -OCH3 is 1. The molecule has 3 N–H and O–H groups in total. The van der Waals surface area contributed by atoms with Gasteiger partial charge in [0.05, 0.1) is 13.5 Å². The molecule has 1 aromatic rings. The second-order valence-electron chi connectivity index (χ2n) is 3.02. The summed E-state index contributed by atoms with van der Waals surface area (Å²) in [5.74, 6) is -0.735. The van der Waals surface area contributed by atoms with Gasteiger partial charge in [-0.15, -0.1) is 0 Å². The molecule has 1 amide bonds. The number of primary amides is 1. The number of aromatic nitrogens is 2. The van der Waals surface area contributed by atoms with Crippen molar-refractivity contribution in [3.8, 4) is 0 Å². The zero-order chi connectivity index (χ0) is 12.8. The molecule has 0 aromatic carbocycles. The summed E-state index contributed by atoms with van der Waals surface area (Å²) in [6.07, 6.45) is 0.171. The molecule has 0 saturated carbocycles. The van der Waals surface area contributed by atoms with Crippen molar-refractivity contribution in [3.05, 3.63) is 17.0 Å². The third kappa shape index (κ3) is 4.23. The summed E-state index contributed by atoms with van der Waals surface area (Å²) in [5.41, 5.74) is 5.07. The van der Waals surface area contributed by atoms with Crippen LogP contribution in [0.2, 0.25) is 5.28 Å². The molecular formula is C9H11ClN4O3. The summed E-state index contributed by atoms with van der Waals surface area (Å²) in [5, 5.41) is 2.71. The third-order valence-electron chi connectivity index (χ3n) is 1.81. The Balaban J connectivity index is 2.65. The second kappa shape index (κ2) is 6.00. The van der Waals surface area contributed by atoms with E-state index >= 15 is 0 Å². The van der Waals surface area contributed by atoms with E-state index < -0.39 is 5.91 Å². The quantitative estimate of drug-likeness (QED) is 0.577. The summed E-state index contributed by atoms with van der Waals surface area (Å²) in [6, 6.07) is 1.35. The highest BCUT2D eigenvalue weighted by molar-refractivity contribution is 6.28. The van der Waals surface area contributed by atoms with Gasteiger partial charge in [0.15, 0.2) is 0 Å². The standard InChI is InChI=1S/C9H11ClN4O3/c1-17-7(15)2-3-12-6-4-5(8(11)16)13-9(10)14-6/h4H,2-3H2,1H3,(H2,11,16)(H,12,13,14). The van der Waals surface area contributed by atoms with Crippen LogP contribution >= 0.6 is 11.6 Å². The number of amides is 1. The van der Waals surface area contributed by atoms with Crippen LogP contribution in [0, 0.1) is 0 Å². The number of halogens is 1. The Morgan fingerprint density at radius 1 is 1.53 bits per heavy atom. The lowest BCUT2D eigenvalue weighted by Crippen LogP contribution is -2.15. The minimum Gasteiger partial charge on any atom is -0.469 e. The number of hydrogen-bond acceptors (Lipinski definition) is 6. The molecule has 0 unspecified atom stereocenters. The van der Waals surface area contributed by atoms with Gasteiger partial charge in [0.25, 0.3) is 5.91 Å². The van der Waals surface area contributed by atoms with E-state index in [4.69, 9.17) is 17.3 Å². The fraction of sp³-hybridized carbons (Fsp3) is 0.333. The van der Waals surface area contributed by atoms with Crippen LogP contribution in [0.1, 0.15) is 16.9 Å². The van der Waals surface area contributed by atoms with Gasteiger partial charge < -0.3 is 15.8 Å². The number of hydrogen-bond donors (Lipinski definition) is 2. The molecule has 0 spiro atoms. The SMILES string of the molecule is COC(=O)CCNc1cc(C(N)=O)nc(Cl)n1. The number of rotatable bonds is 5. The largest absolute Gasteiger partial charge is 0.469 e. The Kier molecular flexibility index (Phi) is 4.65. The van der Waals surface area contributed by atoms with Crippen LogP contribution in [-0.4, -0.2) is 35.5 Å². The minimum atomic E-state index is -0.703. The van der Waals surface area contributed by atoms with Crippen molar-refractivity contribution in [3.63, 3.8) is 0 Å². The van der Waals surface area contributed by atoms with E-state index in [0.29, 0.717) is 12.4 Å². The van der Waals surface area contributed by atoms with Crippen molar-refractivity contribution in [1.29, 1.82) is 0 Å². The average molecular weight is 259 g/mol. The minimum absolute atomic E-state index is 0.00516. The number of nitrogens with one attached hydrogen (secondary N) is 1. The van der Waals surface area contributed by atoms with Gasteiger partial charge in [-0.2, -0.15) is 0 Å². The number of carbonyl (C=O) groups is 2. The van der Waals surface area contributed by atoms with Crippen molar-refractivity contribution in [1.82, 2.24) is 9.97 Å². The van der Waals surface area contributed by atoms with Gasteiger partial charge in [-0.1, -0.05) is 0 Å². The predicted molar refractivity (Wildman–Crippen MR) is 60.7 cm³/mol. The van der Waals surface area contributed by atoms with Crippen molar-refractivity contribution in [2.24, 2.45) is 5.73 Å². The second-order valence-corrected chi connectivity index (χ2v) is 3.36. The number of anilines is 1. The molecule has 0 fully saturated rings. The molecule has 0 atom stereocenters. The van der Waals surface area contributed by atoms with Crippen LogP contribution in [0.3, 0.4) is 0 Å². The van der Waals surface area contributed by atoms with Crippen LogP contribution < -0.4 is 11.1 Å². The fourth-order valence-electron chi connectivity index (χ4n) is 1.03. The first-order valence-electron chi connectivity index (χ1n) is 4.68. The number of esters is 1. The predicted octanol–water partition coefficient (Wildman–Crippen LogP) is 0.204. The lowest BCUT2D eigenvalue weighted by molar-refractivity contribution is -0.140. The number of carbonyl (C=O) groups excluding carboxylic acids is 2. The normalized spacial score (nSPS) is 9.76. The molecule has 92 valence electrons. The highest BCUT2D eigenvalue weighted by Crippen LogP contribution is 2.10. The molecule has 17 heavy (non-hydrogen) atoms. The van der Waals surface area contributed by atoms with Gasteiger partial charge >= 0.3 is 5.97 Å². The maximum atomic E-state index is 10.9. The van der Waals surface area contributed by atoms with E-state index in [1.807, 2.05) is 0 Å². The van der Waals surface area contributed by atoms with Crippen molar-refractivity contribution in [2.45, 2.75) is 6.42 Å². The van der Waals surface area contributed by atoms with Gasteiger partial charge in [0.1, 0.15) is 11.5 Å². The molecule has 1 aromatic heterocycles. The van der Waals surface area contributed by atoms with Crippen molar-refractivity contribution in [2.75, 3.05) is 19.0 Å². The zero-order valence-corrected chi connectivity index (χ0v) is 9.82. The monoisotopic (exact) mass is 258 g/mol. The van der Waals surface area contributed by atoms with E-state index in [1.165, 1.54) is 13.2 Å². The smallest absolute Gasteiger partial charge is 0.307 e. The number of ether oxygens (including phenoxy) is 1. The molecule has 0 radical (unpaired) electrons. The molecule has 1 heterocycles. The van der Waals surface area contributed by atoms with Crippen LogP contribution in [-0.2, 0) is 9.53 Å². The Labute approximate surface area is 102 Å².